The molecule has 0 fully saturated rings. The van der Waals surface area contributed by atoms with Crippen LogP contribution >= 0.6 is 0 Å². The minimum Gasteiger partial charge on any atom is -0.426 e. The van der Waals surface area contributed by atoms with Crippen molar-refractivity contribution in [2.45, 2.75) is 12.6 Å². The third kappa shape index (κ3) is 3.14. The first kappa shape index (κ1) is 15.5. The number of para-hydroxylation sites is 1. The summed E-state index contributed by atoms with van der Waals surface area (Å²) in [4.78, 5) is 14.3. The fourth-order valence-electron chi connectivity index (χ4n) is 2.99. The zero-order valence-corrected chi connectivity index (χ0v) is 13.5. The van der Waals surface area contributed by atoms with Crippen LogP contribution in [0.2, 0.25) is 0 Å². The van der Waals surface area contributed by atoms with E-state index in [4.69, 9.17) is 9.15 Å². The second-order valence-corrected chi connectivity index (χ2v) is 5.93. The number of benzene rings is 2. The lowest BCUT2D eigenvalue weighted by atomic mass is 9.97. The molecule has 1 N–H and O–H groups in total. The lowest BCUT2D eigenvalue weighted by molar-refractivity contribution is 0.0518. The standard InChI is InChI=1S/C20H17NO4/c22-17-13-21(12-14-6-4-5-9-16(14)17)20(23)18-10-11-19(25-18)24-15-7-2-1-3-8-15/h1-11,17,22H,12-13H2/t17-/m1/s1. The van der Waals surface area contributed by atoms with Crippen LogP contribution in [0.5, 0.6) is 11.7 Å². The lowest BCUT2D eigenvalue weighted by Crippen LogP contribution is -2.38. The fourth-order valence-corrected chi connectivity index (χ4v) is 2.99. The van der Waals surface area contributed by atoms with Crippen LogP contribution in [-0.2, 0) is 6.54 Å². The van der Waals surface area contributed by atoms with Crippen LogP contribution in [0.3, 0.4) is 0 Å². The number of aliphatic hydroxyl groups excluding tert-OH is 1. The summed E-state index contributed by atoms with van der Waals surface area (Å²) in [5, 5.41) is 10.3. The maximum Gasteiger partial charge on any atom is 0.290 e. The van der Waals surface area contributed by atoms with Crippen molar-refractivity contribution in [3.63, 3.8) is 0 Å². The van der Waals surface area contributed by atoms with E-state index in [0.29, 0.717) is 12.3 Å². The van der Waals surface area contributed by atoms with E-state index < -0.39 is 6.10 Å². The van der Waals surface area contributed by atoms with Gasteiger partial charge < -0.3 is 19.2 Å². The Morgan fingerprint density at radius 3 is 2.64 bits per heavy atom. The van der Waals surface area contributed by atoms with Gasteiger partial charge in [0.25, 0.3) is 11.9 Å². The highest BCUT2D eigenvalue weighted by atomic mass is 16.6. The molecule has 1 aliphatic heterocycles. The monoisotopic (exact) mass is 335 g/mol. The number of rotatable bonds is 3. The van der Waals surface area contributed by atoms with Gasteiger partial charge in [0.2, 0.25) is 0 Å². The number of hydrogen-bond donors (Lipinski definition) is 1. The lowest BCUT2D eigenvalue weighted by Gasteiger charge is -2.31. The average Bonchev–Trinajstić information content (AvgIpc) is 3.10. The molecule has 0 radical (unpaired) electrons. The fraction of sp³-hybridized carbons (Fsp3) is 0.150. The molecule has 2 aromatic carbocycles. The Bertz CT molecular complexity index is 887. The summed E-state index contributed by atoms with van der Waals surface area (Å²) < 4.78 is 11.1. The number of carbonyl (C=O) groups excluding carboxylic acids is 1. The Labute approximate surface area is 145 Å². The van der Waals surface area contributed by atoms with E-state index >= 15 is 0 Å². The van der Waals surface area contributed by atoms with Crippen LogP contribution in [0.4, 0.5) is 0 Å². The molecule has 5 heteroatoms. The molecule has 5 nitrogen and oxygen atoms in total. The van der Waals surface area contributed by atoms with Crippen LogP contribution in [0.25, 0.3) is 0 Å². The molecule has 25 heavy (non-hydrogen) atoms. The molecule has 0 saturated heterocycles. The van der Waals surface area contributed by atoms with Gasteiger partial charge in [-0.05, 0) is 29.3 Å². The van der Waals surface area contributed by atoms with E-state index in [-0.39, 0.29) is 24.2 Å². The van der Waals surface area contributed by atoms with Gasteiger partial charge in [0.15, 0.2) is 5.76 Å². The van der Waals surface area contributed by atoms with Crippen molar-refractivity contribution >= 4 is 5.91 Å². The summed E-state index contributed by atoms with van der Waals surface area (Å²) in [7, 11) is 0. The number of nitrogens with zero attached hydrogens (tertiary/aromatic N) is 1. The van der Waals surface area contributed by atoms with Gasteiger partial charge in [-0.25, -0.2) is 0 Å². The second kappa shape index (κ2) is 6.45. The Kier molecular flexibility index (Phi) is 3.99. The van der Waals surface area contributed by atoms with Gasteiger partial charge in [-0.3, -0.25) is 4.79 Å². The first-order valence-corrected chi connectivity index (χ1v) is 8.08. The molecule has 0 aliphatic carbocycles. The number of hydrogen-bond acceptors (Lipinski definition) is 4. The van der Waals surface area contributed by atoms with Gasteiger partial charge in [0.05, 0.1) is 12.6 Å². The minimum absolute atomic E-state index is 0.192. The molecular weight excluding hydrogens is 318 g/mol. The van der Waals surface area contributed by atoms with E-state index in [1.165, 1.54) is 0 Å². The molecule has 0 bridgehead atoms. The summed E-state index contributed by atoms with van der Waals surface area (Å²) in [6.45, 7) is 0.688. The van der Waals surface area contributed by atoms with E-state index in [1.807, 2.05) is 54.6 Å². The number of furan rings is 1. The van der Waals surface area contributed by atoms with E-state index in [9.17, 15) is 9.90 Å². The van der Waals surface area contributed by atoms with Crippen molar-refractivity contribution in [2.75, 3.05) is 6.54 Å². The van der Waals surface area contributed by atoms with Gasteiger partial charge in [0.1, 0.15) is 5.75 Å². The van der Waals surface area contributed by atoms with Crippen molar-refractivity contribution in [3.8, 4) is 11.7 Å². The van der Waals surface area contributed by atoms with Gasteiger partial charge in [-0.15, -0.1) is 0 Å². The van der Waals surface area contributed by atoms with Gasteiger partial charge >= 0.3 is 0 Å². The van der Waals surface area contributed by atoms with Crippen LogP contribution in [-0.4, -0.2) is 22.5 Å². The Hall–Kier alpha value is -3.05. The average molecular weight is 335 g/mol. The molecule has 4 rings (SSSR count). The van der Waals surface area contributed by atoms with E-state index in [1.54, 1.807) is 17.0 Å². The quantitative estimate of drug-likeness (QED) is 0.791. The number of fused-ring (bicyclic) bond motifs is 1. The molecule has 2 heterocycles. The van der Waals surface area contributed by atoms with Crippen LogP contribution in [0, 0.1) is 0 Å². The van der Waals surface area contributed by atoms with Crippen LogP contribution < -0.4 is 4.74 Å². The number of ether oxygens (including phenoxy) is 1. The summed E-state index contributed by atoms with van der Waals surface area (Å²) >= 11 is 0. The van der Waals surface area contributed by atoms with E-state index in [2.05, 4.69) is 0 Å². The van der Waals surface area contributed by atoms with Crippen LogP contribution in [0.15, 0.2) is 71.1 Å². The normalized spacial score (nSPS) is 16.4. The second-order valence-electron chi connectivity index (χ2n) is 5.93. The summed E-state index contributed by atoms with van der Waals surface area (Å²) in [6.07, 6.45) is -0.691. The van der Waals surface area contributed by atoms with Gasteiger partial charge in [0, 0.05) is 12.6 Å². The Morgan fingerprint density at radius 1 is 1.04 bits per heavy atom. The van der Waals surface area contributed by atoms with Crippen LogP contribution in [0.1, 0.15) is 27.8 Å². The molecule has 126 valence electrons. The summed E-state index contributed by atoms with van der Waals surface area (Å²) in [5.41, 5.74) is 1.82. The molecule has 1 aromatic heterocycles. The molecule has 0 spiro atoms. The van der Waals surface area contributed by atoms with Gasteiger partial charge in [-0.1, -0.05) is 42.5 Å². The maximum absolute atomic E-state index is 12.7. The minimum atomic E-state index is -0.691. The maximum atomic E-state index is 12.7. The zero-order chi connectivity index (χ0) is 17.2. The topological polar surface area (TPSA) is 62.9 Å². The number of amides is 1. The van der Waals surface area contributed by atoms with Crippen molar-refractivity contribution in [2.24, 2.45) is 0 Å². The number of aliphatic hydroxyl groups is 1. The molecule has 0 unspecified atom stereocenters. The van der Waals surface area contributed by atoms with Crippen molar-refractivity contribution in [1.29, 1.82) is 0 Å². The first-order valence-electron chi connectivity index (χ1n) is 8.08. The molecule has 0 saturated carbocycles. The van der Waals surface area contributed by atoms with Crippen molar-refractivity contribution < 1.29 is 19.1 Å². The Morgan fingerprint density at radius 2 is 1.80 bits per heavy atom. The van der Waals surface area contributed by atoms with Crippen molar-refractivity contribution in [1.82, 2.24) is 4.90 Å². The Balaban J connectivity index is 1.50. The van der Waals surface area contributed by atoms with E-state index in [0.717, 1.165) is 11.1 Å². The number of β-amino-alcohol motifs (C(OH)–C–C–N with tert-alkyl or cyclic N) is 1. The third-order valence-corrected chi connectivity index (χ3v) is 4.21. The first-order chi connectivity index (χ1) is 12.2. The summed E-state index contributed by atoms with van der Waals surface area (Å²) in [6, 6.07) is 20.0. The molecular formula is C20H17NO4. The number of carbonyl (C=O) groups is 1. The largest absolute Gasteiger partial charge is 0.426 e. The molecule has 1 atom stereocenters. The third-order valence-electron chi connectivity index (χ3n) is 4.21. The summed E-state index contributed by atoms with van der Waals surface area (Å²) in [5.74, 6) is 0.819. The zero-order valence-electron chi connectivity index (χ0n) is 13.5. The highest BCUT2D eigenvalue weighted by molar-refractivity contribution is 5.91. The highest BCUT2D eigenvalue weighted by Gasteiger charge is 2.28. The predicted molar refractivity (Wildman–Crippen MR) is 91.4 cm³/mol. The SMILES string of the molecule is O=C(c1ccc(Oc2ccccc2)o1)N1Cc2ccccc2[C@H](O)C1. The van der Waals surface area contributed by atoms with Crippen molar-refractivity contribution in [3.05, 3.63) is 83.6 Å². The molecule has 1 amide bonds. The highest BCUT2D eigenvalue weighted by Crippen LogP contribution is 2.29. The molecule has 1 aliphatic rings. The molecule has 3 aromatic rings. The smallest absolute Gasteiger partial charge is 0.290 e. The van der Waals surface area contributed by atoms with Gasteiger partial charge in [-0.2, -0.15) is 0 Å². The predicted octanol–water partition coefficient (Wildman–Crippen LogP) is 3.76.